The Morgan fingerprint density at radius 2 is 1.00 bits per heavy atom. The van der Waals surface area contributed by atoms with Gasteiger partial charge in [0.05, 0.1) is 30.1 Å². The Hall–Kier alpha value is 0.580. The largest absolute Gasteiger partial charge is 0.488 e. The van der Waals surface area contributed by atoms with E-state index in [0.29, 0.717) is 33.5 Å². The van der Waals surface area contributed by atoms with Crippen molar-refractivity contribution < 1.29 is 22.5 Å². The normalized spacial score (nSPS) is 18.4. The molecule has 0 amide bonds. The summed E-state index contributed by atoms with van der Waals surface area (Å²) in [4.78, 5) is 0. The molecule has 2 aliphatic carbocycles. The third-order valence-corrected chi connectivity index (χ3v) is 13.8. The molecule has 0 bridgehead atoms. The van der Waals surface area contributed by atoms with Gasteiger partial charge >= 0.3 is 0 Å². The molecular weight excluding hydrogens is 844 g/mol. The molecule has 0 heterocycles. The molecule has 2 aliphatic rings. The molecule has 244 valence electrons. The average Bonchev–Trinajstić information content (AvgIpc) is 2.99. The molecule has 2 aromatic rings. The topological polar surface area (TPSA) is 58.9 Å². The Morgan fingerprint density at radius 1 is 0.674 bits per heavy atom. The number of benzene rings is 2. The highest BCUT2D eigenvalue weighted by Crippen LogP contribution is 2.44. The highest BCUT2D eigenvalue weighted by Gasteiger charge is 2.28. The van der Waals surface area contributed by atoms with Crippen LogP contribution >= 0.6 is 87.2 Å². The van der Waals surface area contributed by atoms with Gasteiger partial charge in [-0.05, 0) is 125 Å². The first kappa shape index (κ1) is 36.4. The zero-order chi connectivity index (χ0) is 31.0. The lowest BCUT2D eigenvalue weighted by Gasteiger charge is -2.29. The first-order valence-electron chi connectivity index (χ1n) is 15.4. The van der Waals surface area contributed by atoms with E-state index in [1.54, 1.807) is 0 Å². The number of hydrogen-bond acceptors (Lipinski definition) is 6. The minimum Gasteiger partial charge on any atom is -0.488 e. The fourth-order valence-corrected chi connectivity index (χ4v) is 11.0. The number of hydrogen-bond donors (Lipinski definition) is 2. The van der Waals surface area contributed by atoms with Crippen molar-refractivity contribution in [3.63, 3.8) is 0 Å². The Labute approximate surface area is 303 Å². The van der Waals surface area contributed by atoms with E-state index in [4.69, 9.17) is 9.47 Å². The maximum atomic E-state index is 10.6. The predicted octanol–water partition coefficient (Wildman–Crippen LogP) is 11.2. The lowest BCUT2D eigenvalue weighted by atomic mass is 9.78. The number of thioether (sulfide) groups is 2. The van der Waals surface area contributed by atoms with Gasteiger partial charge in [-0.2, -0.15) is 23.5 Å². The number of rotatable bonds is 14. The Kier molecular flexibility index (Phi) is 14.9. The second-order valence-corrected chi connectivity index (χ2v) is 18.4. The molecule has 0 spiro atoms. The Balaban J connectivity index is 0.00000353. The van der Waals surface area contributed by atoms with Gasteiger partial charge in [-0.15, -0.1) is 0 Å². The molecule has 2 saturated carbocycles. The van der Waals surface area contributed by atoms with E-state index in [1.807, 2.05) is 23.5 Å². The first-order valence-corrected chi connectivity index (χ1v) is 20.7. The molecule has 10 heteroatoms. The standard InChI is InChI=1S/C33H44Br4O4S2.2H2/c1-33(2,21-13-27(34)31(28(35)14-21)40-17-23(38)19-42-25-9-5-3-6-10-25)22-15-29(36)32(30(37)16-22)41-18-24(39)20-43-26-11-7-4-8-12-26;;/h13-16,23-26,38-39H,3-12,17-20H2,1-2H3;2*1H. The fraction of sp³-hybridized carbons (Fsp3) is 0.636. The molecule has 2 atom stereocenters. The second kappa shape index (κ2) is 17.7. The van der Waals surface area contributed by atoms with Gasteiger partial charge in [-0.3, -0.25) is 0 Å². The molecule has 0 aliphatic heterocycles. The maximum absolute atomic E-state index is 10.6. The average molecular weight is 892 g/mol. The molecule has 2 unspecified atom stereocenters. The van der Waals surface area contributed by atoms with Crippen LogP contribution in [-0.4, -0.2) is 57.6 Å². The van der Waals surface area contributed by atoms with Crippen LogP contribution < -0.4 is 9.47 Å². The van der Waals surface area contributed by atoms with E-state index >= 15 is 0 Å². The van der Waals surface area contributed by atoms with Crippen molar-refractivity contribution >= 4 is 87.2 Å². The van der Waals surface area contributed by atoms with Crippen LogP contribution in [-0.2, 0) is 5.41 Å². The number of aliphatic hydroxyl groups is 2. The predicted molar refractivity (Wildman–Crippen MR) is 202 cm³/mol. The molecular formula is C33H48Br4O4S2. The van der Waals surface area contributed by atoms with E-state index in [2.05, 4.69) is 102 Å². The van der Waals surface area contributed by atoms with Crippen LogP contribution in [0.2, 0.25) is 0 Å². The summed E-state index contributed by atoms with van der Waals surface area (Å²) >= 11 is 18.7. The highest BCUT2D eigenvalue weighted by molar-refractivity contribution is 9.11. The van der Waals surface area contributed by atoms with E-state index in [-0.39, 0.29) is 21.5 Å². The number of aliphatic hydroxyl groups excluding tert-OH is 2. The third kappa shape index (κ3) is 10.8. The summed E-state index contributed by atoms with van der Waals surface area (Å²) in [6.07, 6.45) is 12.0. The number of halogens is 4. The van der Waals surface area contributed by atoms with Gasteiger partial charge in [-0.1, -0.05) is 52.4 Å². The van der Waals surface area contributed by atoms with Gasteiger partial charge in [0.2, 0.25) is 0 Å². The van der Waals surface area contributed by atoms with Crippen molar-refractivity contribution in [1.29, 1.82) is 0 Å². The SMILES string of the molecule is CC(C)(c1cc(Br)c(OCC(O)CSC2CCCCC2)c(Br)c1)c1cc(Br)c(OCC(O)CSC2CCCCC2)c(Br)c1.[HH].[HH]. The molecule has 2 fully saturated rings. The summed E-state index contributed by atoms with van der Waals surface area (Å²) in [6.45, 7) is 4.90. The lowest BCUT2D eigenvalue weighted by molar-refractivity contribution is 0.125. The van der Waals surface area contributed by atoms with Crippen LogP contribution in [0.15, 0.2) is 42.2 Å². The number of ether oxygens (including phenoxy) is 2. The molecule has 43 heavy (non-hydrogen) atoms. The van der Waals surface area contributed by atoms with Crippen LogP contribution in [0.4, 0.5) is 0 Å². The van der Waals surface area contributed by atoms with Crippen molar-refractivity contribution in [2.24, 2.45) is 0 Å². The molecule has 2 N–H and O–H groups in total. The molecule has 4 nitrogen and oxygen atoms in total. The lowest BCUT2D eigenvalue weighted by Crippen LogP contribution is -2.23. The van der Waals surface area contributed by atoms with Gasteiger partial charge in [0.15, 0.2) is 0 Å². The van der Waals surface area contributed by atoms with Gasteiger partial charge in [0.25, 0.3) is 0 Å². The van der Waals surface area contributed by atoms with Gasteiger partial charge in [-0.25, -0.2) is 0 Å². The maximum Gasteiger partial charge on any atom is 0.147 e. The van der Waals surface area contributed by atoms with Crippen LogP contribution in [0.5, 0.6) is 11.5 Å². The molecule has 2 aromatic carbocycles. The second-order valence-electron chi connectivity index (χ2n) is 12.3. The monoisotopic (exact) mass is 888 g/mol. The molecule has 0 radical (unpaired) electrons. The van der Waals surface area contributed by atoms with Gasteiger partial charge < -0.3 is 19.7 Å². The molecule has 4 rings (SSSR count). The summed E-state index contributed by atoms with van der Waals surface area (Å²) in [5.74, 6) is 2.81. The minimum atomic E-state index is -0.506. The van der Waals surface area contributed by atoms with E-state index in [0.717, 1.165) is 29.0 Å². The van der Waals surface area contributed by atoms with Gasteiger partial charge in [0, 0.05) is 30.3 Å². The summed E-state index contributed by atoms with van der Waals surface area (Å²) in [5, 5.41) is 22.5. The van der Waals surface area contributed by atoms with Crippen molar-refractivity contribution in [2.75, 3.05) is 24.7 Å². The van der Waals surface area contributed by atoms with Crippen LogP contribution in [0, 0.1) is 0 Å². The van der Waals surface area contributed by atoms with Crippen LogP contribution in [0.3, 0.4) is 0 Å². The Morgan fingerprint density at radius 3 is 1.33 bits per heavy atom. The molecule has 0 saturated heterocycles. The summed E-state index contributed by atoms with van der Waals surface area (Å²) in [7, 11) is 0. The highest BCUT2D eigenvalue weighted by atomic mass is 79.9. The quantitative estimate of drug-likeness (QED) is 0.197. The van der Waals surface area contributed by atoms with Crippen molar-refractivity contribution in [3.05, 3.63) is 53.3 Å². The fourth-order valence-electron chi connectivity index (χ4n) is 5.70. The van der Waals surface area contributed by atoms with Crippen LogP contribution in [0.1, 0.15) is 92.0 Å². The summed E-state index contributed by atoms with van der Waals surface area (Å²) < 4.78 is 15.5. The summed E-state index contributed by atoms with van der Waals surface area (Å²) in [6, 6.07) is 8.37. The van der Waals surface area contributed by atoms with Gasteiger partial charge in [0.1, 0.15) is 24.7 Å². The Bertz CT molecular complexity index is 1060. The van der Waals surface area contributed by atoms with E-state index in [1.165, 1.54) is 64.2 Å². The minimum absolute atomic E-state index is 0. The zero-order valence-corrected chi connectivity index (χ0v) is 33.0. The van der Waals surface area contributed by atoms with E-state index in [9.17, 15) is 10.2 Å². The van der Waals surface area contributed by atoms with Crippen LogP contribution in [0.25, 0.3) is 0 Å². The van der Waals surface area contributed by atoms with Crippen molar-refractivity contribution in [3.8, 4) is 11.5 Å². The smallest absolute Gasteiger partial charge is 0.147 e. The molecule has 0 aromatic heterocycles. The zero-order valence-electron chi connectivity index (χ0n) is 25.1. The summed E-state index contributed by atoms with van der Waals surface area (Å²) in [5.41, 5.74) is 1.88. The van der Waals surface area contributed by atoms with E-state index < -0.39 is 12.2 Å². The van der Waals surface area contributed by atoms with Crippen molar-refractivity contribution in [1.82, 2.24) is 0 Å². The third-order valence-electron chi connectivity index (χ3n) is 8.43. The van der Waals surface area contributed by atoms with Crippen molar-refractivity contribution in [2.45, 2.75) is 106 Å². The first-order chi connectivity index (χ1) is 20.5.